The van der Waals surface area contributed by atoms with Crippen molar-refractivity contribution >= 4 is 50.5 Å². The van der Waals surface area contributed by atoms with Crippen molar-refractivity contribution in [3.05, 3.63) is 84.7 Å². The maximum absolute atomic E-state index is 14.4. The molecule has 1 fully saturated rings. The van der Waals surface area contributed by atoms with Gasteiger partial charge in [0.05, 0.1) is 34.2 Å². The molecule has 44 heavy (non-hydrogen) atoms. The lowest BCUT2D eigenvalue weighted by Gasteiger charge is -2.32. The van der Waals surface area contributed by atoms with Gasteiger partial charge in [-0.1, -0.05) is 45.0 Å². The van der Waals surface area contributed by atoms with E-state index in [4.69, 9.17) is 0 Å². The highest BCUT2D eigenvalue weighted by atomic mass is 19.4. The number of carbonyl (C=O) groups is 1. The fraction of sp³-hybridized carbons (Fsp3) is 0.265. The topological polar surface area (TPSA) is 82.2 Å². The Balaban J connectivity index is 1.47. The van der Waals surface area contributed by atoms with E-state index in [2.05, 4.69) is 25.9 Å². The fourth-order valence-electron chi connectivity index (χ4n) is 5.31. The summed E-state index contributed by atoms with van der Waals surface area (Å²) in [4.78, 5) is 24.0. The molecule has 1 saturated heterocycles. The average molecular weight is 599 g/mol. The minimum absolute atomic E-state index is 0.150. The van der Waals surface area contributed by atoms with Crippen molar-refractivity contribution in [2.24, 2.45) is 5.41 Å². The highest BCUT2D eigenvalue weighted by Gasteiger charge is 2.35. The van der Waals surface area contributed by atoms with Gasteiger partial charge in [0.15, 0.2) is 0 Å². The SMILES string of the molecule is CC(C)(C)C(=O)Nc1cnc2ccc(-c3cnc4ccccc4c3)cc2c1Nc1ccc(N2CCNCC2)c(C(F)(F)F)c1. The molecule has 226 valence electrons. The zero-order valence-corrected chi connectivity index (χ0v) is 24.7. The molecule has 3 N–H and O–H groups in total. The van der Waals surface area contributed by atoms with E-state index >= 15 is 0 Å². The highest BCUT2D eigenvalue weighted by molar-refractivity contribution is 6.06. The van der Waals surface area contributed by atoms with Gasteiger partial charge in [-0.25, -0.2) is 0 Å². The number of anilines is 4. The quantitative estimate of drug-likeness (QED) is 0.193. The van der Waals surface area contributed by atoms with Gasteiger partial charge in [-0.15, -0.1) is 0 Å². The minimum atomic E-state index is -4.56. The van der Waals surface area contributed by atoms with Gasteiger partial charge in [-0.05, 0) is 48.0 Å². The maximum Gasteiger partial charge on any atom is 0.418 e. The van der Waals surface area contributed by atoms with E-state index in [0.29, 0.717) is 48.5 Å². The number of pyridine rings is 2. The van der Waals surface area contributed by atoms with Gasteiger partial charge < -0.3 is 20.9 Å². The highest BCUT2D eigenvalue weighted by Crippen LogP contribution is 2.41. The first-order chi connectivity index (χ1) is 21.0. The summed E-state index contributed by atoms with van der Waals surface area (Å²) in [6, 6.07) is 19.9. The van der Waals surface area contributed by atoms with Gasteiger partial charge in [0, 0.05) is 65.5 Å². The van der Waals surface area contributed by atoms with Crippen LogP contribution in [0.5, 0.6) is 0 Å². The summed E-state index contributed by atoms with van der Waals surface area (Å²) in [7, 11) is 0. The standard InChI is InChI=1S/C34H33F3N6O/c1-33(2,3)32(44)42-29-20-40-28-10-8-21(23-16-22-6-4-5-7-27(22)39-19-23)17-25(28)31(29)41-24-9-11-30(26(18-24)34(35,36)37)43-14-12-38-13-15-43/h4-11,16-20,38H,12-15H2,1-3H3,(H,40,41)(H,42,44). The number of aromatic nitrogens is 2. The Bertz CT molecular complexity index is 1860. The smallest absolute Gasteiger partial charge is 0.368 e. The van der Waals surface area contributed by atoms with E-state index in [9.17, 15) is 18.0 Å². The summed E-state index contributed by atoms with van der Waals surface area (Å²) in [5.41, 5.74) is 3.00. The van der Waals surface area contributed by atoms with Gasteiger partial charge in [0.1, 0.15) is 0 Å². The molecule has 10 heteroatoms. The van der Waals surface area contributed by atoms with Crippen molar-refractivity contribution in [1.29, 1.82) is 0 Å². The Morgan fingerprint density at radius 3 is 2.36 bits per heavy atom. The first-order valence-corrected chi connectivity index (χ1v) is 14.5. The molecule has 0 atom stereocenters. The molecule has 0 bridgehead atoms. The normalized spacial score (nSPS) is 14.2. The van der Waals surface area contributed by atoms with Crippen LogP contribution in [0.25, 0.3) is 32.9 Å². The van der Waals surface area contributed by atoms with Gasteiger partial charge in [-0.2, -0.15) is 13.2 Å². The van der Waals surface area contributed by atoms with Crippen LogP contribution in [0.15, 0.2) is 79.1 Å². The van der Waals surface area contributed by atoms with E-state index in [1.54, 1.807) is 37.9 Å². The Kier molecular flexibility index (Phi) is 7.63. The van der Waals surface area contributed by atoms with Gasteiger partial charge in [0.2, 0.25) is 5.91 Å². The number of benzene rings is 3. The number of para-hydroxylation sites is 1. The third kappa shape index (κ3) is 6.03. The van der Waals surface area contributed by atoms with Crippen LogP contribution in [0.4, 0.5) is 35.9 Å². The summed E-state index contributed by atoms with van der Waals surface area (Å²) >= 11 is 0. The summed E-state index contributed by atoms with van der Waals surface area (Å²) in [6.07, 6.45) is -1.23. The Labute approximate surface area is 253 Å². The van der Waals surface area contributed by atoms with Crippen molar-refractivity contribution in [3.8, 4) is 11.1 Å². The number of rotatable bonds is 5. The van der Waals surface area contributed by atoms with Crippen molar-refractivity contribution in [1.82, 2.24) is 15.3 Å². The molecule has 5 aromatic rings. The van der Waals surface area contributed by atoms with E-state index in [1.807, 2.05) is 48.5 Å². The molecule has 6 rings (SSSR count). The molecular weight excluding hydrogens is 565 g/mol. The van der Waals surface area contributed by atoms with E-state index in [1.165, 1.54) is 12.3 Å². The van der Waals surface area contributed by atoms with E-state index in [0.717, 1.165) is 28.1 Å². The van der Waals surface area contributed by atoms with Gasteiger partial charge >= 0.3 is 6.18 Å². The largest absolute Gasteiger partial charge is 0.418 e. The molecule has 0 aliphatic carbocycles. The Hall–Kier alpha value is -4.70. The second-order valence-electron chi connectivity index (χ2n) is 12.0. The number of nitrogens with zero attached hydrogens (tertiary/aromatic N) is 3. The molecule has 0 spiro atoms. The summed E-state index contributed by atoms with van der Waals surface area (Å²) in [6.45, 7) is 7.58. The number of piperazine rings is 1. The van der Waals surface area contributed by atoms with Crippen LogP contribution < -0.4 is 20.9 Å². The van der Waals surface area contributed by atoms with Crippen molar-refractivity contribution < 1.29 is 18.0 Å². The number of alkyl halides is 3. The van der Waals surface area contributed by atoms with Crippen LogP contribution >= 0.6 is 0 Å². The number of hydrogen-bond donors (Lipinski definition) is 3. The molecule has 0 unspecified atom stereocenters. The number of hydrogen-bond acceptors (Lipinski definition) is 6. The summed E-state index contributed by atoms with van der Waals surface area (Å²) in [5, 5.41) is 11.0. The third-order valence-corrected chi connectivity index (χ3v) is 7.75. The third-order valence-electron chi connectivity index (χ3n) is 7.75. The van der Waals surface area contributed by atoms with Crippen LogP contribution in [0.1, 0.15) is 26.3 Å². The predicted molar refractivity (Wildman–Crippen MR) is 170 cm³/mol. The lowest BCUT2D eigenvalue weighted by atomic mass is 9.95. The van der Waals surface area contributed by atoms with Crippen molar-refractivity contribution in [3.63, 3.8) is 0 Å². The lowest BCUT2D eigenvalue weighted by molar-refractivity contribution is -0.137. The maximum atomic E-state index is 14.4. The summed E-state index contributed by atoms with van der Waals surface area (Å²) < 4.78 is 43.1. The Morgan fingerprint density at radius 2 is 1.61 bits per heavy atom. The fourth-order valence-corrected chi connectivity index (χ4v) is 5.31. The van der Waals surface area contributed by atoms with Gasteiger partial charge in [0.25, 0.3) is 0 Å². The van der Waals surface area contributed by atoms with Crippen LogP contribution in [-0.2, 0) is 11.0 Å². The molecule has 3 aromatic carbocycles. The van der Waals surface area contributed by atoms with Crippen LogP contribution in [0.3, 0.4) is 0 Å². The molecular formula is C34H33F3N6O. The van der Waals surface area contributed by atoms with Crippen LogP contribution in [0, 0.1) is 5.41 Å². The van der Waals surface area contributed by atoms with Crippen LogP contribution in [-0.4, -0.2) is 42.1 Å². The number of halogens is 3. The zero-order chi connectivity index (χ0) is 31.1. The Morgan fingerprint density at radius 1 is 0.864 bits per heavy atom. The average Bonchev–Trinajstić information content (AvgIpc) is 3.01. The van der Waals surface area contributed by atoms with E-state index in [-0.39, 0.29) is 17.3 Å². The predicted octanol–water partition coefficient (Wildman–Crippen LogP) is 7.61. The molecule has 0 radical (unpaired) electrons. The van der Waals surface area contributed by atoms with Crippen LogP contribution in [0.2, 0.25) is 0 Å². The molecule has 0 saturated carbocycles. The first kappa shape index (κ1) is 29.4. The molecule has 1 aliphatic heterocycles. The minimum Gasteiger partial charge on any atom is -0.368 e. The lowest BCUT2D eigenvalue weighted by Crippen LogP contribution is -2.44. The first-order valence-electron chi connectivity index (χ1n) is 14.5. The molecule has 1 aliphatic rings. The van der Waals surface area contributed by atoms with E-state index < -0.39 is 17.2 Å². The molecule has 3 heterocycles. The number of amides is 1. The molecule has 1 amide bonds. The zero-order valence-electron chi connectivity index (χ0n) is 24.7. The molecule has 7 nitrogen and oxygen atoms in total. The van der Waals surface area contributed by atoms with Crippen molar-refractivity contribution in [2.75, 3.05) is 41.7 Å². The van der Waals surface area contributed by atoms with Gasteiger partial charge in [-0.3, -0.25) is 14.8 Å². The monoisotopic (exact) mass is 598 g/mol. The summed E-state index contributed by atoms with van der Waals surface area (Å²) in [5.74, 6) is -0.248. The number of fused-ring (bicyclic) bond motifs is 2. The van der Waals surface area contributed by atoms with Crippen molar-refractivity contribution in [2.45, 2.75) is 26.9 Å². The molecule has 2 aromatic heterocycles. The second-order valence-corrected chi connectivity index (χ2v) is 12.0. The second kappa shape index (κ2) is 11.4. The number of nitrogens with one attached hydrogen (secondary N) is 3. The number of carbonyl (C=O) groups excluding carboxylic acids is 1.